The lowest BCUT2D eigenvalue weighted by atomic mass is 10.1. The van der Waals surface area contributed by atoms with Crippen molar-refractivity contribution in [3.8, 4) is 11.4 Å². The number of tetrazole rings is 1. The fourth-order valence-electron chi connectivity index (χ4n) is 2.82. The van der Waals surface area contributed by atoms with Crippen LogP contribution in [0.2, 0.25) is 0 Å². The first-order valence-electron chi connectivity index (χ1n) is 8.89. The Kier molecular flexibility index (Phi) is 5.61. The molecule has 0 radical (unpaired) electrons. The van der Waals surface area contributed by atoms with E-state index in [1.54, 1.807) is 24.5 Å². The van der Waals surface area contributed by atoms with Crippen molar-refractivity contribution in [3.63, 3.8) is 0 Å². The van der Waals surface area contributed by atoms with Crippen molar-refractivity contribution < 1.29 is 4.39 Å². The SMILES string of the molecule is FC(P)(P)c1ccc(Nc2ccccc2-c2nnn(Cc3cccnc3)n2)cc1. The van der Waals surface area contributed by atoms with Gasteiger partial charge in [-0.25, -0.2) is 4.39 Å². The number of alkyl halides is 1. The molecule has 2 aromatic carbocycles. The number of hydrogen-bond acceptors (Lipinski definition) is 5. The molecule has 2 heterocycles. The molecule has 4 aromatic rings. The Morgan fingerprint density at radius 1 is 1.00 bits per heavy atom. The zero-order chi connectivity index (χ0) is 20.3. The number of anilines is 2. The van der Waals surface area contributed by atoms with E-state index in [0.29, 0.717) is 17.9 Å². The Morgan fingerprint density at radius 2 is 1.79 bits per heavy atom. The number of aromatic nitrogens is 5. The van der Waals surface area contributed by atoms with Gasteiger partial charge in [-0.3, -0.25) is 4.98 Å². The number of nitrogens with one attached hydrogen (secondary N) is 1. The number of para-hydroxylation sites is 1. The first-order valence-corrected chi connectivity index (χ1v) is 10.0. The maximum atomic E-state index is 14.0. The van der Waals surface area contributed by atoms with Crippen LogP contribution in [-0.2, 0) is 11.7 Å². The van der Waals surface area contributed by atoms with E-state index in [1.165, 1.54) is 4.80 Å². The molecule has 0 aliphatic carbocycles. The van der Waals surface area contributed by atoms with Gasteiger partial charge >= 0.3 is 0 Å². The molecule has 9 heteroatoms. The maximum absolute atomic E-state index is 14.0. The Balaban J connectivity index is 1.56. The fraction of sp³-hybridized carbons (Fsp3) is 0.100. The Hall–Kier alpha value is -2.75. The van der Waals surface area contributed by atoms with Gasteiger partial charge in [-0.05, 0) is 46.7 Å². The van der Waals surface area contributed by atoms with E-state index >= 15 is 0 Å². The van der Waals surface area contributed by atoms with Crippen LogP contribution >= 0.6 is 18.5 Å². The zero-order valence-electron chi connectivity index (χ0n) is 15.4. The van der Waals surface area contributed by atoms with Crippen molar-refractivity contribution in [2.24, 2.45) is 0 Å². The van der Waals surface area contributed by atoms with Crippen LogP contribution in [0.3, 0.4) is 0 Å². The Bertz CT molecular complexity index is 1090. The Labute approximate surface area is 172 Å². The predicted octanol–water partition coefficient (Wildman–Crippen LogP) is 4.36. The standard InChI is InChI=1S/C20H19FN6P2/c21-20(28,29)15-7-9-16(10-8-15)23-18-6-2-1-5-17(18)19-24-26-27(25-19)13-14-4-3-11-22-12-14/h1-12,23H,13,28-29H2. The van der Waals surface area contributed by atoms with E-state index in [9.17, 15) is 4.39 Å². The van der Waals surface area contributed by atoms with Gasteiger partial charge in [0.1, 0.15) is 0 Å². The minimum absolute atomic E-state index is 0.493. The van der Waals surface area contributed by atoms with E-state index in [-0.39, 0.29) is 0 Å². The first-order chi connectivity index (χ1) is 14.0. The molecular formula is C20H19FN6P2. The third kappa shape index (κ3) is 4.81. The van der Waals surface area contributed by atoms with Crippen LogP contribution in [0, 0.1) is 0 Å². The average molecular weight is 424 g/mol. The normalized spacial score (nSPS) is 11.4. The molecule has 4 rings (SSSR count). The van der Waals surface area contributed by atoms with Crippen molar-refractivity contribution in [1.29, 1.82) is 0 Å². The summed E-state index contributed by atoms with van der Waals surface area (Å²) in [6.07, 6.45) is 3.50. The van der Waals surface area contributed by atoms with Gasteiger partial charge in [0, 0.05) is 29.3 Å². The molecule has 29 heavy (non-hydrogen) atoms. The van der Waals surface area contributed by atoms with E-state index in [0.717, 1.165) is 22.5 Å². The van der Waals surface area contributed by atoms with Gasteiger partial charge in [-0.2, -0.15) is 4.80 Å². The summed E-state index contributed by atoms with van der Waals surface area (Å²) in [5.41, 5.74) is 4.06. The summed E-state index contributed by atoms with van der Waals surface area (Å²) in [4.78, 5) is 5.64. The monoisotopic (exact) mass is 424 g/mol. The van der Waals surface area contributed by atoms with Crippen molar-refractivity contribution in [2.45, 2.75) is 11.7 Å². The molecule has 146 valence electrons. The lowest BCUT2D eigenvalue weighted by molar-refractivity contribution is 0.423. The number of pyridine rings is 1. The summed E-state index contributed by atoms with van der Waals surface area (Å²) in [6, 6.07) is 18.7. The maximum Gasteiger partial charge on any atom is 0.207 e. The van der Waals surface area contributed by atoms with Gasteiger partial charge < -0.3 is 5.32 Å². The lowest BCUT2D eigenvalue weighted by Crippen LogP contribution is -2.04. The second kappa shape index (κ2) is 8.32. The number of nitrogens with zero attached hydrogens (tertiary/aromatic N) is 5. The molecule has 0 aliphatic rings. The largest absolute Gasteiger partial charge is 0.355 e. The minimum Gasteiger partial charge on any atom is -0.355 e. The third-order valence-electron chi connectivity index (χ3n) is 4.27. The molecule has 0 saturated carbocycles. The predicted molar refractivity (Wildman–Crippen MR) is 119 cm³/mol. The van der Waals surface area contributed by atoms with Crippen LogP contribution in [0.15, 0.2) is 73.1 Å². The van der Waals surface area contributed by atoms with Gasteiger partial charge in [0.15, 0.2) is 5.15 Å². The Morgan fingerprint density at radius 3 is 2.52 bits per heavy atom. The van der Waals surface area contributed by atoms with Crippen LogP contribution in [-0.4, -0.2) is 25.2 Å². The van der Waals surface area contributed by atoms with Gasteiger partial charge in [-0.1, -0.05) is 48.8 Å². The second-order valence-corrected chi connectivity index (χ2v) is 8.87. The first kappa shape index (κ1) is 19.6. The molecule has 2 aromatic heterocycles. The zero-order valence-corrected chi connectivity index (χ0v) is 17.7. The van der Waals surface area contributed by atoms with Crippen LogP contribution in [0.25, 0.3) is 11.4 Å². The number of rotatable bonds is 6. The third-order valence-corrected chi connectivity index (χ3v) is 4.94. The summed E-state index contributed by atoms with van der Waals surface area (Å²) in [5, 5.41) is 14.7. The molecule has 0 amide bonds. The summed E-state index contributed by atoms with van der Waals surface area (Å²) >= 11 is 0. The van der Waals surface area contributed by atoms with Crippen molar-refractivity contribution >= 4 is 29.9 Å². The fourth-order valence-corrected chi connectivity index (χ4v) is 3.21. The van der Waals surface area contributed by atoms with Crippen LogP contribution in [0.4, 0.5) is 15.8 Å². The summed E-state index contributed by atoms with van der Waals surface area (Å²) < 4.78 is 14.0. The lowest BCUT2D eigenvalue weighted by Gasteiger charge is -2.15. The number of hydrogen-bond donors (Lipinski definition) is 1. The molecule has 2 unspecified atom stereocenters. The van der Waals surface area contributed by atoms with E-state index in [1.807, 2.05) is 48.5 Å². The molecule has 0 fully saturated rings. The molecular weight excluding hydrogens is 405 g/mol. The van der Waals surface area contributed by atoms with Crippen molar-refractivity contribution in [3.05, 3.63) is 84.2 Å². The highest BCUT2D eigenvalue weighted by Gasteiger charge is 2.18. The number of halogens is 1. The van der Waals surface area contributed by atoms with E-state index < -0.39 is 5.15 Å². The molecule has 0 spiro atoms. The van der Waals surface area contributed by atoms with Gasteiger partial charge in [-0.15, -0.1) is 10.2 Å². The topological polar surface area (TPSA) is 68.5 Å². The van der Waals surface area contributed by atoms with Gasteiger partial charge in [0.25, 0.3) is 0 Å². The molecule has 0 saturated heterocycles. The smallest absolute Gasteiger partial charge is 0.207 e. The molecule has 2 atom stereocenters. The average Bonchev–Trinajstić information content (AvgIpc) is 3.17. The van der Waals surface area contributed by atoms with E-state index in [2.05, 4.69) is 44.2 Å². The number of benzene rings is 2. The van der Waals surface area contributed by atoms with Crippen molar-refractivity contribution in [2.75, 3.05) is 5.32 Å². The van der Waals surface area contributed by atoms with E-state index in [4.69, 9.17) is 0 Å². The molecule has 1 N–H and O–H groups in total. The molecule has 0 bridgehead atoms. The highest BCUT2D eigenvalue weighted by Crippen LogP contribution is 2.40. The second-order valence-electron chi connectivity index (χ2n) is 6.52. The molecule has 0 aliphatic heterocycles. The van der Waals surface area contributed by atoms with Crippen molar-refractivity contribution in [1.82, 2.24) is 25.2 Å². The summed E-state index contributed by atoms with van der Waals surface area (Å²) in [7, 11) is 4.34. The highest BCUT2D eigenvalue weighted by molar-refractivity contribution is 7.38. The minimum atomic E-state index is -1.53. The van der Waals surface area contributed by atoms with Gasteiger partial charge in [0.2, 0.25) is 5.82 Å². The highest BCUT2D eigenvalue weighted by atomic mass is 31.1. The quantitative estimate of drug-likeness (QED) is 0.466. The molecule has 6 nitrogen and oxygen atoms in total. The van der Waals surface area contributed by atoms with Crippen LogP contribution in [0.5, 0.6) is 0 Å². The summed E-state index contributed by atoms with van der Waals surface area (Å²) in [6.45, 7) is 0.493. The van der Waals surface area contributed by atoms with Crippen LogP contribution in [0.1, 0.15) is 11.1 Å². The van der Waals surface area contributed by atoms with Gasteiger partial charge in [0.05, 0.1) is 6.54 Å². The summed E-state index contributed by atoms with van der Waals surface area (Å²) in [5.74, 6) is 0.520. The van der Waals surface area contributed by atoms with Crippen LogP contribution < -0.4 is 5.32 Å².